The number of benzene rings is 3. The first-order valence-electron chi connectivity index (χ1n) is 17.7. The van der Waals surface area contributed by atoms with E-state index >= 15 is 0 Å². The van der Waals surface area contributed by atoms with Crippen LogP contribution in [0.1, 0.15) is 53.4 Å². The van der Waals surface area contributed by atoms with Crippen LogP contribution in [0.5, 0.6) is 0 Å². The maximum atomic E-state index is 13.9. The van der Waals surface area contributed by atoms with Crippen LogP contribution in [0.3, 0.4) is 0 Å². The number of ketones is 1. The fourth-order valence-corrected chi connectivity index (χ4v) is 10.5. The third kappa shape index (κ3) is 10.2. The van der Waals surface area contributed by atoms with Crippen molar-refractivity contribution >= 4 is 70.1 Å². The Morgan fingerprint density at radius 3 is 2.20 bits per heavy atom. The van der Waals surface area contributed by atoms with Crippen molar-refractivity contribution in [1.82, 2.24) is 9.30 Å². The number of carboxylic acid groups (broad SMARTS) is 1. The molecule has 1 heterocycles. The van der Waals surface area contributed by atoms with Crippen LogP contribution in [0.25, 0.3) is 33.4 Å². The smallest absolute Gasteiger partial charge is 0.303 e. The number of aliphatic carboxylic acids is 1. The van der Waals surface area contributed by atoms with E-state index in [4.69, 9.17) is 15.3 Å². The molecule has 0 aromatic heterocycles. The van der Waals surface area contributed by atoms with Crippen LogP contribution in [0.2, 0.25) is 0 Å². The first-order chi connectivity index (χ1) is 25.6. The van der Waals surface area contributed by atoms with E-state index in [1.54, 1.807) is 0 Å². The molecule has 13 nitrogen and oxygen atoms in total. The van der Waals surface area contributed by atoms with Gasteiger partial charge in [-0.3, -0.25) is 14.1 Å². The number of nitrogens with two attached hydrogens (primary N) is 1. The van der Waals surface area contributed by atoms with Gasteiger partial charge in [-0.15, -0.1) is 0 Å². The molecular weight excluding hydrogens is 773 g/mol. The van der Waals surface area contributed by atoms with E-state index in [9.17, 15) is 31.0 Å². The summed E-state index contributed by atoms with van der Waals surface area (Å²) in [5.74, 6) is -1.38. The molecule has 2 aromatic carbocycles. The zero-order valence-electron chi connectivity index (χ0n) is 31.1. The van der Waals surface area contributed by atoms with Crippen molar-refractivity contribution < 1.29 is 40.5 Å². The lowest BCUT2D eigenvalue weighted by Crippen LogP contribution is -2.41. The minimum Gasteiger partial charge on any atom is -0.481 e. The van der Waals surface area contributed by atoms with Gasteiger partial charge < -0.3 is 20.2 Å². The first kappa shape index (κ1) is 43.3. The summed E-state index contributed by atoms with van der Waals surface area (Å²) in [4.78, 5) is 25.3. The molecule has 1 aliphatic heterocycles. The predicted octanol–water partition coefficient (Wildman–Crippen LogP) is 5.31. The lowest BCUT2D eigenvalue weighted by molar-refractivity contribution is -0.138. The highest BCUT2D eigenvalue weighted by Crippen LogP contribution is 2.43. The molecule has 17 heteroatoms. The van der Waals surface area contributed by atoms with Crippen molar-refractivity contribution in [1.29, 1.82) is 0 Å². The number of anilines is 1. The molecular formula is C37H49N4O9S4+. The van der Waals surface area contributed by atoms with Gasteiger partial charge >= 0.3 is 5.97 Å². The monoisotopic (exact) mass is 821 g/mol. The van der Waals surface area contributed by atoms with Crippen LogP contribution in [-0.2, 0) is 29.7 Å². The van der Waals surface area contributed by atoms with Gasteiger partial charge in [0.05, 0.1) is 23.4 Å². The molecule has 0 radical (unpaired) electrons. The number of hydrogen-bond donors (Lipinski definition) is 4. The summed E-state index contributed by atoms with van der Waals surface area (Å²) in [5.41, 5.74) is 8.20. The van der Waals surface area contributed by atoms with E-state index in [-0.39, 0.29) is 23.8 Å². The van der Waals surface area contributed by atoms with Crippen molar-refractivity contribution in [3.05, 3.63) is 60.0 Å². The van der Waals surface area contributed by atoms with E-state index in [1.807, 2.05) is 70.3 Å². The summed E-state index contributed by atoms with van der Waals surface area (Å²) in [7, 11) is -6.68. The van der Waals surface area contributed by atoms with Crippen LogP contribution in [0.15, 0.2) is 68.8 Å². The molecule has 5 N–H and O–H groups in total. The first-order valence-corrected chi connectivity index (χ1v) is 23.3. The van der Waals surface area contributed by atoms with Gasteiger partial charge in [0.15, 0.2) is 5.78 Å². The number of nitrogens with one attached hydrogen (secondary N) is 1. The van der Waals surface area contributed by atoms with E-state index in [0.29, 0.717) is 34.3 Å². The number of sulfonamides is 1. The summed E-state index contributed by atoms with van der Waals surface area (Å²) in [6, 6.07) is 13.3. The van der Waals surface area contributed by atoms with E-state index in [1.165, 1.54) is 33.7 Å². The molecule has 2 aromatic rings. The summed E-state index contributed by atoms with van der Waals surface area (Å²) in [5, 5.41) is 10.5. The number of fused-ring (bicyclic) bond motifs is 2. The molecule has 1 aliphatic carbocycles. The number of carbonyl (C=O) groups is 2. The number of nitrogens with zero attached hydrogens (tertiary/aromatic N) is 2. The maximum absolute atomic E-state index is 13.9. The quantitative estimate of drug-likeness (QED) is 0.0388. The highest BCUT2D eigenvalue weighted by molar-refractivity contribution is 8.76. The highest BCUT2D eigenvalue weighted by atomic mass is 33.1. The molecule has 294 valence electrons. The summed E-state index contributed by atoms with van der Waals surface area (Å²) >= 11 is 0. The van der Waals surface area contributed by atoms with Gasteiger partial charge in [-0.1, -0.05) is 27.7 Å². The standard InChI is InChI=1S/C37H48N4O9S4/c1-6-40(7-2)24-10-14-28-33(20-24)50-34-21-25(41(8-3)9-4)11-15-29(34)37(28)30-16-13-27(22-35(30)54(47,48)49)53(45,46)39-31(32(42)18-19-36(43)44)17-12-26(23-38)52-51-5/h10-11,13-16,20-22,26,31,39H,6-9,12,17-19,23,38H2,1-5H3,(H-,43,44,47,48,49)/p+1/t26-,31-/m0/s1. The number of hydrogen-bond acceptors (Lipinski definition) is 11. The average molecular weight is 822 g/mol. The van der Waals surface area contributed by atoms with E-state index in [2.05, 4.69) is 14.2 Å². The highest BCUT2D eigenvalue weighted by Gasteiger charge is 2.30. The van der Waals surface area contributed by atoms with Crippen molar-refractivity contribution in [2.24, 2.45) is 5.73 Å². The predicted molar refractivity (Wildman–Crippen MR) is 217 cm³/mol. The van der Waals surface area contributed by atoms with Gasteiger partial charge in [0.2, 0.25) is 15.4 Å². The molecule has 4 rings (SSSR count). The fraction of sp³-hybridized carbons (Fsp3) is 0.432. The minimum atomic E-state index is -5.05. The van der Waals surface area contributed by atoms with Crippen molar-refractivity contribution in [2.75, 3.05) is 43.9 Å². The fourth-order valence-electron chi connectivity index (χ4n) is 6.46. The molecule has 2 aliphatic rings. The molecule has 0 fully saturated rings. The van der Waals surface area contributed by atoms with Gasteiger partial charge in [-0.2, -0.15) is 8.42 Å². The largest absolute Gasteiger partial charge is 0.481 e. The number of rotatable bonds is 20. The van der Waals surface area contributed by atoms with Gasteiger partial charge in [0, 0.05) is 71.2 Å². The van der Waals surface area contributed by atoms with Crippen LogP contribution < -0.4 is 25.3 Å². The Morgan fingerprint density at radius 1 is 0.926 bits per heavy atom. The van der Waals surface area contributed by atoms with E-state index in [0.717, 1.165) is 43.3 Å². The lowest BCUT2D eigenvalue weighted by atomic mass is 9.93. The Morgan fingerprint density at radius 2 is 1.61 bits per heavy atom. The second-order valence-corrected chi connectivity index (χ2v) is 18.4. The molecule has 0 bridgehead atoms. The normalized spacial score (nSPS) is 13.2. The van der Waals surface area contributed by atoms with Crippen LogP contribution in [0, 0.1) is 0 Å². The number of Topliss-reactive ketones (excluding diaryl/α,β-unsaturated/α-hetero) is 1. The molecule has 54 heavy (non-hydrogen) atoms. The molecule has 0 spiro atoms. The zero-order valence-corrected chi connectivity index (χ0v) is 34.3. The van der Waals surface area contributed by atoms with Gasteiger partial charge in [-0.25, -0.2) is 17.7 Å². The molecule has 0 amide bonds. The molecule has 0 unspecified atom stereocenters. The van der Waals surface area contributed by atoms with Gasteiger partial charge in [0.25, 0.3) is 10.1 Å². The maximum Gasteiger partial charge on any atom is 0.303 e. The SMILES string of the molecule is CCN(CC)c1ccc2c(-c3ccc(S(=O)(=O)N[C@@H](CC[C@@H](CN)SSC)C(=O)CCC(=O)O)cc3S(=O)(=O)O)c3ccc(=[N+](CC)CC)cc-3oc2c1. The summed E-state index contributed by atoms with van der Waals surface area (Å²) in [6.45, 7) is 11.4. The Balaban J connectivity index is 1.93. The summed E-state index contributed by atoms with van der Waals surface area (Å²) in [6.07, 6.45) is 1.36. The van der Waals surface area contributed by atoms with Crippen LogP contribution in [0.4, 0.5) is 5.69 Å². The van der Waals surface area contributed by atoms with Crippen LogP contribution in [-0.4, -0.2) is 88.5 Å². The molecule has 0 saturated carbocycles. The second kappa shape index (κ2) is 18.9. The molecule has 2 atom stereocenters. The average Bonchev–Trinajstić information content (AvgIpc) is 3.14. The third-order valence-electron chi connectivity index (χ3n) is 9.30. The number of carboxylic acids is 1. The Kier molecular flexibility index (Phi) is 15.2. The topological polar surface area (TPSA) is 200 Å². The van der Waals surface area contributed by atoms with Crippen molar-refractivity contribution in [3.8, 4) is 22.5 Å². The van der Waals surface area contributed by atoms with Gasteiger partial charge in [0.1, 0.15) is 29.3 Å². The lowest BCUT2D eigenvalue weighted by Gasteiger charge is -2.23. The third-order valence-corrected chi connectivity index (χ3v) is 14.0. The van der Waals surface area contributed by atoms with Crippen LogP contribution >= 0.6 is 21.6 Å². The van der Waals surface area contributed by atoms with Crippen molar-refractivity contribution in [2.45, 2.75) is 74.5 Å². The zero-order chi connectivity index (χ0) is 39.8. The van der Waals surface area contributed by atoms with E-state index < -0.39 is 60.6 Å². The Bertz CT molecular complexity index is 2230. The van der Waals surface area contributed by atoms with Gasteiger partial charge in [-0.05, 0) is 77.1 Å². The summed E-state index contributed by atoms with van der Waals surface area (Å²) < 4.78 is 75.7. The minimum absolute atomic E-state index is 0.0345. The second-order valence-electron chi connectivity index (χ2n) is 12.5. The Hall–Kier alpha value is -3.45. The number of carbonyl (C=O) groups excluding carboxylic acids is 1. The Labute approximate surface area is 324 Å². The molecule has 0 saturated heterocycles. The van der Waals surface area contributed by atoms with Crippen molar-refractivity contribution in [3.63, 3.8) is 0 Å².